The molecule has 0 unspecified atom stereocenters. The summed E-state index contributed by atoms with van der Waals surface area (Å²) in [6, 6.07) is 7.81. The second-order valence-corrected chi connectivity index (χ2v) is 2.96. The van der Waals surface area contributed by atoms with Crippen molar-refractivity contribution >= 4 is 11.5 Å². The molecule has 2 rings (SSSR count). The summed E-state index contributed by atoms with van der Waals surface area (Å²) >= 11 is 0. The maximum absolute atomic E-state index is 10.5. The summed E-state index contributed by atoms with van der Waals surface area (Å²) in [6.07, 6.45) is 1.65. The van der Waals surface area contributed by atoms with Crippen molar-refractivity contribution in [3.8, 4) is 5.69 Å². The van der Waals surface area contributed by atoms with Crippen molar-refractivity contribution in [3.05, 3.63) is 46.6 Å². The fraction of sp³-hybridized carbons (Fsp3) is 0. The second-order valence-electron chi connectivity index (χ2n) is 2.96. The van der Waals surface area contributed by atoms with Gasteiger partial charge in [0, 0.05) is 24.4 Å². The van der Waals surface area contributed by atoms with Crippen LogP contribution >= 0.6 is 0 Å². The van der Waals surface area contributed by atoms with Crippen molar-refractivity contribution < 1.29 is 4.92 Å². The maximum Gasteiger partial charge on any atom is 0.271 e. The third-order valence-electron chi connectivity index (χ3n) is 1.91. The third-order valence-corrected chi connectivity index (χ3v) is 1.91. The highest BCUT2D eigenvalue weighted by atomic mass is 16.6. The van der Waals surface area contributed by atoms with Crippen molar-refractivity contribution in [1.82, 2.24) is 9.78 Å². The molecule has 0 atom stereocenters. The van der Waals surface area contributed by atoms with E-state index in [1.165, 1.54) is 16.8 Å². The molecule has 6 nitrogen and oxygen atoms in total. The van der Waals surface area contributed by atoms with Gasteiger partial charge in [-0.05, 0) is 6.07 Å². The molecule has 1 aromatic carbocycles. The molecule has 0 aliphatic rings. The Bertz CT molecular complexity index is 506. The van der Waals surface area contributed by atoms with Crippen molar-refractivity contribution in [3.63, 3.8) is 0 Å². The van der Waals surface area contributed by atoms with Crippen LogP contribution in [0.3, 0.4) is 0 Å². The van der Waals surface area contributed by atoms with Crippen molar-refractivity contribution in [1.29, 1.82) is 0 Å². The Kier molecular flexibility index (Phi) is 2.09. The molecule has 0 amide bonds. The van der Waals surface area contributed by atoms with E-state index in [0.717, 1.165) is 0 Å². The van der Waals surface area contributed by atoms with Gasteiger partial charge < -0.3 is 5.73 Å². The molecule has 0 radical (unpaired) electrons. The van der Waals surface area contributed by atoms with Crippen molar-refractivity contribution in [2.75, 3.05) is 5.73 Å². The minimum atomic E-state index is -0.448. The van der Waals surface area contributed by atoms with Gasteiger partial charge in [0.15, 0.2) is 0 Å². The number of nitrogen functional groups attached to an aromatic ring is 1. The van der Waals surface area contributed by atoms with Gasteiger partial charge in [-0.2, -0.15) is 5.10 Å². The number of benzene rings is 1. The van der Waals surface area contributed by atoms with Crippen LogP contribution in [0, 0.1) is 10.1 Å². The van der Waals surface area contributed by atoms with Gasteiger partial charge in [-0.1, -0.05) is 6.07 Å². The molecule has 0 fully saturated rings. The number of hydrogen-bond acceptors (Lipinski definition) is 4. The molecular formula is C9H8N4O2. The number of nitrogens with zero attached hydrogens (tertiary/aromatic N) is 3. The average Bonchev–Trinajstić information content (AvgIpc) is 2.65. The second kappa shape index (κ2) is 3.41. The third kappa shape index (κ3) is 1.78. The van der Waals surface area contributed by atoms with Crippen LogP contribution in [0.1, 0.15) is 0 Å². The first kappa shape index (κ1) is 9.20. The van der Waals surface area contributed by atoms with Crippen LogP contribution in [0.2, 0.25) is 0 Å². The Hall–Kier alpha value is -2.37. The molecule has 0 aliphatic carbocycles. The topological polar surface area (TPSA) is 87.0 Å². The lowest BCUT2D eigenvalue weighted by molar-refractivity contribution is -0.384. The predicted molar refractivity (Wildman–Crippen MR) is 54.6 cm³/mol. The largest absolute Gasteiger partial charge is 0.382 e. The van der Waals surface area contributed by atoms with Gasteiger partial charge in [0.25, 0.3) is 5.69 Å². The number of nitrogens with two attached hydrogens (primary N) is 1. The van der Waals surface area contributed by atoms with Crippen molar-refractivity contribution in [2.24, 2.45) is 0 Å². The van der Waals surface area contributed by atoms with Gasteiger partial charge in [0.05, 0.1) is 10.6 Å². The van der Waals surface area contributed by atoms with Gasteiger partial charge in [0.2, 0.25) is 0 Å². The van der Waals surface area contributed by atoms with Crippen LogP contribution in [0.25, 0.3) is 5.69 Å². The molecule has 1 aromatic heterocycles. The van der Waals surface area contributed by atoms with E-state index in [1.807, 2.05) is 0 Å². The van der Waals surface area contributed by atoms with Crippen LogP contribution in [-0.4, -0.2) is 14.7 Å². The lowest BCUT2D eigenvalue weighted by Crippen LogP contribution is -1.97. The maximum atomic E-state index is 10.5. The van der Waals surface area contributed by atoms with E-state index in [2.05, 4.69) is 5.10 Å². The normalized spacial score (nSPS) is 10.1. The average molecular weight is 204 g/mol. The fourth-order valence-corrected chi connectivity index (χ4v) is 1.23. The molecule has 0 saturated heterocycles. The molecule has 0 spiro atoms. The van der Waals surface area contributed by atoms with Gasteiger partial charge in [-0.25, -0.2) is 4.68 Å². The van der Waals surface area contributed by atoms with E-state index in [1.54, 1.807) is 24.4 Å². The Morgan fingerprint density at radius 1 is 1.40 bits per heavy atom. The molecule has 0 bridgehead atoms. The summed E-state index contributed by atoms with van der Waals surface area (Å²) in [4.78, 5) is 10.1. The first-order valence-electron chi connectivity index (χ1n) is 4.23. The zero-order valence-electron chi connectivity index (χ0n) is 7.70. The van der Waals surface area contributed by atoms with Crippen LogP contribution in [0.4, 0.5) is 11.5 Å². The number of nitro benzene ring substituents is 1. The summed E-state index contributed by atoms with van der Waals surface area (Å²) in [7, 11) is 0. The zero-order chi connectivity index (χ0) is 10.8. The first-order valence-corrected chi connectivity index (χ1v) is 4.23. The van der Waals surface area contributed by atoms with Crippen LogP contribution in [0.15, 0.2) is 36.5 Å². The first-order chi connectivity index (χ1) is 7.16. The highest BCUT2D eigenvalue weighted by Crippen LogP contribution is 2.16. The van der Waals surface area contributed by atoms with E-state index in [9.17, 15) is 10.1 Å². The number of anilines is 1. The Morgan fingerprint density at radius 2 is 2.20 bits per heavy atom. The molecule has 0 aliphatic heterocycles. The molecule has 2 aromatic rings. The number of rotatable bonds is 2. The summed E-state index contributed by atoms with van der Waals surface area (Å²) in [5, 5.41) is 14.5. The number of nitro groups is 1. The summed E-state index contributed by atoms with van der Waals surface area (Å²) in [5.41, 5.74) is 6.09. The number of non-ortho nitro benzene ring substituents is 1. The van der Waals surface area contributed by atoms with Gasteiger partial charge >= 0.3 is 0 Å². The van der Waals surface area contributed by atoms with Gasteiger partial charge in [-0.15, -0.1) is 0 Å². The predicted octanol–water partition coefficient (Wildman–Crippen LogP) is 1.36. The highest BCUT2D eigenvalue weighted by Gasteiger charge is 2.06. The molecule has 15 heavy (non-hydrogen) atoms. The van der Waals surface area contributed by atoms with Gasteiger partial charge in [0.1, 0.15) is 5.82 Å². The Morgan fingerprint density at radius 3 is 2.80 bits per heavy atom. The minimum Gasteiger partial charge on any atom is -0.382 e. The molecular weight excluding hydrogens is 196 g/mol. The number of hydrogen-bond donors (Lipinski definition) is 1. The molecule has 6 heteroatoms. The van der Waals surface area contributed by atoms with E-state index in [0.29, 0.717) is 11.5 Å². The van der Waals surface area contributed by atoms with Gasteiger partial charge in [-0.3, -0.25) is 10.1 Å². The zero-order valence-corrected chi connectivity index (χ0v) is 7.70. The highest BCUT2D eigenvalue weighted by molar-refractivity contribution is 5.43. The van der Waals surface area contributed by atoms with E-state index in [4.69, 9.17) is 5.73 Å². The van der Waals surface area contributed by atoms with E-state index < -0.39 is 4.92 Å². The quantitative estimate of drug-likeness (QED) is 0.591. The fourth-order valence-electron chi connectivity index (χ4n) is 1.23. The SMILES string of the molecule is Nc1ccn(-c2cccc([N+](=O)[O-])c2)n1. The standard InChI is InChI=1S/C9H8N4O2/c10-9-4-5-12(11-9)7-2-1-3-8(6-7)13(14)15/h1-6H,(H2,10,11). The monoisotopic (exact) mass is 204 g/mol. The molecule has 76 valence electrons. The van der Waals surface area contributed by atoms with E-state index >= 15 is 0 Å². The summed E-state index contributed by atoms with van der Waals surface area (Å²) in [5.74, 6) is 0.376. The van der Waals surface area contributed by atoms with Crippen LogP contribution < -0.4 is 5.73 Å². The smallest absolute Gasteiger partial charge is 0.271 e. The molecule has 2 N–H and O–H groups in total. The van der Waals surface area contributed by atoms with E-state index in [-0.39, 0.29) is 5.69 Å². The Labute approximate surface area is 85.1 Å². The Balaban J connectivity index is 2.45. The lowest BCUT2D eigenvalue weighted by atomic mass is 10.3. The summed E-state index contributed by atoms with van der Waals surface area (Å²) in [6.45, 7) is 0. The minimum absolute atomic E-state index is 0.0292. The molecule has 0 saturated carbocycles. The summed E-state index contributed by atoms with van der Waals surface area (Å²) < 4.78 is 1.49. The lowest BCUT2D eigenvalue weighted by Gasteiger charge is -1.99. The van der Waals surface area contributed by atoms with Crippen LogP contribution in [0.5, 0.6) is 0 Å². The van der Waals surface area contributed by atoms with Crippen molar-refractivity contribution in [2.45, 2.75) is 0 Å². The number of aromatic nitrogens is 2. The van der Waals surface area contributed by atoms with Crippen LogP contribution in [-0.2, 0) is 0 Å². The molecule has 1 heterocycles.